The highest BCUT2D eigenvalue weighted by Gasteiger charge is 2.22. The number of amides is 1. The van der Waals surface area contributed by atoms with Gasteiger partial charge in [0.05, 0.1) is 7.11 Å². The number of carbonyl (C=O) groups excluding carboxylic acids is 1. The van der Waals surface area contributed by atoms with Crippen molar-refractivity contribution in [3.63, 3.8) is 0 Å². The molecule has 150 valence electrons. The molecule has 1 amide bonds. The molecular formula is C21H18F2N2O3S. The first-order chi connectivity index (χ1) is 13.9. The van der Waals surface area contributed by atoms with E-state index in [1.165, 1.54) is 37.5 Å². The van der Waals surface area contributed by atoms with Gasteiger partial charge in [-0.1, -0.05) is 11.8 Å². The maximum absolute atomic E-state index is 12.5. The molecule has 1 heterocycles. The fourth-order valence-corrected chi connectivity index (χ4v) is 3.47. The first-order valence-electron chi connectivity index (χ1n) is 8.75. The Morgan fingerprint density at radius 3 is 2.72 bits per heavy atom. The fourth-order valence-electron chi connectivity index (χ4n) is 2.97. The summed E-state index contributed by atoms with van der Waals surface area (Å²) in [6.45, 7) is 1.96. The molecular weight excluding hydrogens is 398 g/mol. The Morgan fingerprint density at radius 2 is 2.10 bits per heavy atom. The zero-order valence-corrected chi connectivity index (χ0v) is 16.6. The van der Waals surface area contributed by atoms with Gasteiger partial charge in [-0.25, -0.2) is 0 Å². The molecule has 0 radical (unpaired) electrons. The van der Waals surface area contributed by atoms with Crippen LogP contribution in [0.1, 0.15) is 18.1 Å². The van der Waals surface area contributed by atoms with Crippen molar-refractivity contribution >= 4 is 29.4 Å². The third-order valence-corrected chi connectivity index (χ3v) is 4.97. The van der Waals surface area contributed by atoms with Crippen LogP contribution in [0.3, 0.4) is 0 Å². The average molecular weight is 416 g/mol. The number of halogens is 2. The van der Waals surface area contributed by atoms with Crippen LogP contribution in [0.4, 0.5) is 14.5 Å². The van der Waals surface area contributed by atoms with E-state index in [1.807, 2.05) is 19.1 Å². The van der Waals surface area contributed by atoms with E-state index in [0.717, 1.165) is 12.0 Å². The molecule has 0 bridgehead atoms. The Bertz CT molecular complexity index is 985. The van der Waals surface area contributed by atoms with Crippen molar-refractivity contribution in [2.75, 3.05) is 12.4 Å². The Hall–Kier alpha value is -3.05. The van der Waals surface area contributed by atoms with E-state index < -0.39 is 11.7 Å². The lowest BCUT2D eigenvalue weighted by atomic mass is 10.0. The lowest BCUT2D eigenvalue weighted by Gasteiger charge is -2.09. The van der Waals surface area contributed by atoms with Gasteiger partial charge in [0, 0.05) is 28.1 Å². The predicted octanol–water partition coefficient (Wildman–Crippen LogP) is 4.88. The zero-order chi connectivity index (χ0) is 21.0. The number of carbonyl (C=O) groups is 1. The minimum absolute atomic E-state index is 0.0545. The van der Waals surface area contributed by atoms with Crippen LogP contribution in [0.25, 0.3) is 6.08 Å². The lowest BCUT2D eigenvalue weighted by Crippen LogP contribution is -2.13. The number of nitrogens with one attached hydrogen (secondary N) is 1. The number of hydrogen-bond donors (Lipinski definition) is 1. The number of fused-ring (bicyclic) bond motifs is 1. The summed E-state index contributed by atoms with van der Waals surface area (Å²) in [6.07, 6.45) is 2.25. The summed E-state index contributed by atoms with van der Waals surface area (Å²) in [7, 11) is 1.52. The van der Waals surface area contributed by atoms with Gasteiger partial charge < -0.3 is 14.8 Å². The second-order valence-electron chi connectivity index (χ2n) is 6.36. The third kappa shape index (κ3) is 5.06. The standard InChI is InChI=1S/C21H18F2N2O3S/c1-12-7-13-9-18(27-2)14(10-19(13)28-12)8-15(11-24)20(26)25-16-3-5-17(6-4-16)29-21(22)23/h3-6,8-10,12,21H,7H2,1-2H3,(H,25,26)/b15-8+. The van der Waals surface area contributed by atoms with E-state index in [4.69, 9.17) is 9.47 Å². The first-order valence-corrected chi connectivity index (χ1v) is 9.63. The predicted molar refractivity (Wildman–Crippen MR) is 107 cm³/mol. The summed E-state index contributed by atoms with van der Waals surface area (Å²) in [5, 5.41) is 12.0. The molecule has 29 heavy (non-hydrogen) atoms. The molecule has 1 N–H and O–H groups in total. The summed E-state index contributed by atoms with van der Waals surface area (Å²) in [5.74, 6) is -1.89. The SMILES string of the molecule is COc1cc2c(cc1/C=C(\C#N)C(=O)Nc1ccc(SC(F)F)cc1)OC(C)C2. The number of ether oxygens (including phenoxy) is 2. The van der Waals surface area contributed by atoms with Gasteiger partial charge in [-0.05, 0) is 49.4 Å². The number of alkyl halides is 2. The Labute approximate surface area is 171 Å². The van der Waals surface area contributed by atoms with Gasteiger partial charge in [0.1, 0.15) is 29.2 Å². The van der Waals surface area contributed by atoms with E-state index in [1.54, 1.807) is 6.07 Å². The highest BCUT2D eigenvalue weighted by Crippen LogP contribution is 2.36. The van der Waals surface area contributed by atoms with Gasteiger partial charge in [0.15, 0.2) is 0 Å². The molecule has 5 nitrogen and oxygen atoms in total. The van der Waals surface area contributed by atoms with Crippen LogP contribution < -0.4 is 14.8 Å². The van der Waals surface area contributed by atoms with Crippen LogP contribution in [0.2, 0.25) is 0 Å². The maximum Gasteiger partial charge on any atom is 0.288 e. The van der Waals surface area contributed by atoms with Crippen molar-refractivity contribution in [3.05, 3.63) is 53.1 Å². The second-order valence-corrected chi connectivity index (χ2v) is 7.42. The average Bonchev–Trinajstić information content (AvgIpc) is 3.05. The van der Waals surface area contributed by atoms with E-state index in [0.29, 0.717) is 39.4 Å². The second kappa shape index (κ2) is 8.97. The summed E-state index contributed by atoms with van der Waals surface area (Å²) in [5.41, 5.74) is 1.83. The lowest BCUT2D eigenvalue weighted by molar-refractivity contribution is -0.112. The number of thioether (sulfide) groups is 1. The van der Waals surface area contributed by atoms with Crippen LogP contribution in [-0.4, -0.2) is 24.9 Å². The molecule has 1 aliphatic heterocycles. The molecule has 0 fully saturated rings. The van der Waals surface area contributed by atoms with E-state index in [-0.39, 0.29) is 11.7 Å². The number of anilines is 1. The molecule has 0 saturated heterocycles. The zero-order valence-electron chi connectivity index (χ0n) is 15.7. The number of nitrogens with zero attached hydrogens (tertiary/aromatic N) is 1. The molecule has 1 aliphatic rings. The highest BCUT2D eigenvalue weighted by molar-refractivity contribution is 7.99. The summed E-state index contributed by atoms with van der Waals surface area (Å²) in [4.78, 5) is 12.9. The van der Waals surface area contributed by atoms with Crippen LogP contribution >= 0.6 is 11.8 Å². The minimum atomic E-state index is -2.52. The monoisotopic (exact) mass is 416 g/mol. The van der Waals surface area contributed by atoms with E-state index >= 15 is 0 Å². The van der Waals surface area contributed by atoms with E-state index in [9.17, 15) is 18.8 Å². The molecule has 2 aromatic rings. The van der Waals surface area contributed by atoms with Gasteiger partial charge in [-0.15, -0.1) is 0 Å². The molecule has 0 spiro atoms. The van der Waals surface area contributed by atoms with E-state index in [2.05, 4.69) is 5.32 Å². The fraction of sp³-hybridized carbons (Fsp3) is 0.238. The number of nitriles is 1. The first kappa shape index (κ1) is 20.7. The van der Waals surface area contributed by atoms with Gasteiger partial charge >= 0.3 is 0 Å². The highest BCUT2D eigenvalue weighted by atomic mass is 32.2. The number of benzene rings is 2. The van der Waals surface area contributed by atoms with Crippen molar-refractivity contribution in [1.29, 1.82) is 5.26 Å². The number of methoxy groups -OCH3 is 1. The Balaban J connectivity index is 1.80. The molecule has 1 atom stereocenters. The summed E-state index contributed by atoms with van der Waals surface area (Å²) in [6, 6.07) is 11.4. The van der Waals surface area contributed by atoms with Crippen molar-refractivity contribution in [3.8, 4) is 17.6 Å². The van der Waals surface area contributed by atoms with Gasteiger partial charge in [0.2, 0.25) is 0 Å². The topological polar surface area (TPSA) is 71.3 Å². The summed E-state index contributed by atoms with van der Waals surface area (Å²) < 4.78 is 35.9. The molecule has 0 aliphatic carbocycles. The largest absolute Gasteiger partial charge is 0.496 e. The maximum atomic E-state index is 12.5. The molecule has 0 aromatic heterocycles. The third-order valence-electron chi connectivity index (χ3n) is 4.25. The number of hydrogen-bond acceptors (Lipinski definition) is 5. The van der Waals surface area contributed by atoms with Gasteiger partial charge in [0.25, 0.3) is 11.7 Å². The summed E-state index contributed by atoms with van der Waals surface area (Å²) >= 11 is 0.417. The van der Waals surface area contributed by atoms with Crippen molar-refractivity contribution in [2.24, 2.45) is 0 Å². The van der Waals surface area contributed by atoms with Gasteiger partial charge in [-0.2, -0.15) is 14.0 Å². The smallest absolute Gasteiger partial charge is 0.288 e. The van der Waals surface area contributed by atoms with Crippen LogP contribution in [-0.2, 0) is 11.2 Å². The quantitative estimate of drug-likeness (QED) is 0.413. The van der Waals surface area contributed by atoms with Crippen molar-refractivity contribution in [1.82, 2.24) is 0 Å². The number of rotatable bonds is 6. The van der Waals surface area contributed by atoms with Gasteiger partial charge in [-0.3, -0.25) is 4.79 Å². The minimum Gasteiger partial charge on any atom is -0.496 e. The van der Waals surface area contributed by atoms with Crippen molar-refractivity contribution < 1.29 is 23.0 Å². The van der Waals surface area contributed by atoms with Crippen LogP contribution in [0.15, 0.2) is 46.9 Å². The molecule has 0 saturated carbocycles. The van der Waals surface area contributed by atoms with Crippen LogP contribution in [0, 0.1) is 11.3 Å². The molecule has 1 unspecified atom stereocenters. The molecule has 8 heteroatoms. The Morgan fingerprint density at radius 1 is 1.38 bits per heavy atom. The normalized spacial score (nSPS) is 15.4. The van der Waals surface area contributed by atoms with Crippen molar-refractivity contribution in [2.45, 2.75) is 30.1 Å². The molecule has 3 rings (SSSR count). The molecule has 2 aromatic carbocycles. The Kier molecular flexibility index (Phi) is 6.39. The van der Waals surface area contributed by atoms with Crippen LogP contribution in [0.5, 0.6) is 11.5 Å².